The van der Waals surface area contributed by atoms with Gasteiger partial charge in [-0.05, 0) is 31.5 Å². The summed E-state index contributed by atoms with van der Waals surface area (Å²) in [5, 5.41) is 4.99. The number of ether oxygens (including phenoxy) is 1. The van der Waals surface area contributed by atoms with E-state index in [2.05, 4.69) is 17.4 Å². The van der Waals surface area contributed by atoms with E-state index in [1.165, 1.54) is 0 Å². The van der Waals surface area contributed by atoms with Crippen LogP contribution < -0.4 is 5.32 Å². The SMILES string of the molecule is CCO[Si](O)CCCNC(=O)OCn1c2ccccc2c2ccccc21. The number of benzene rings is 2. The second-order valence-corrected chi connectivity index (χ2v) is 7.46. The fraction of sp³-hybridized carbons (Fsp3) is 0.316. The molecule has 1 radical (unpaired) electrons. The molecule has 0 atom stereocenters. The first-order chi connectivity index (χ1) is 12.7. The molecule has 0 aliphatic carbocycles. The van der Waals surface area contributed by atoms with Crippen LogP contribution in [-0.4, -0.2) is 37.9 Å². The summed E-state index contributed by atoms with van der Waals surface area (Å²) in [4.78, 5) is 21.5. The zero-order valence-electron chi connectivity index (χ0n) is 14.8. The van der Waals surface area contributed by atoms with E-state index in [9.17, 15) is 9.59 Å². The molecule has 0 aliphatic rings. The van der Waals surface area contributed by atoms with E-state index in [0.717, 1.165) is 21.8 Å². The summed E-state index contributed by atoms with van der Waals surface area (Å²) < 4.78 is 12.5. The molecule has 1 amide bonds. The Balaban J connectivity index is 1.58. The van der Waals surface area contributed by atoms with Crippen LogP contribution in [-0.2, 0) is 15.9 Å². The number of para-hydroxylation sites is 2. The molecule has 7 heteroatoms. The number of hydrogen-bond acceptors (Lipinski definition) is 4. The molecule has 3 rings (SSSR count). The highest BCUT2D eigenvalue weighted by molar-refractivity contribution is 6.42. The molecule has 0 aliphatic heterocycles. The second-order valence-electron chi connectivity index (χ2n) is 5.88. The van der Waals surface area contributed by atoms with Crippen LogP contribution in [0.5, 0.6) is 0 Å². The van der Waals surface area contributed by atoms with Crippen molar-refractivity contribution in [2.24, 2.45) is 0 Å². The molecule has 1 heterocycles. The predicted molar refractivity (Wildman–Crippen MR) is 103 cm³/mol. The number of nitrogens with zero attached hydrogens (tertiary/aromatic N) is 1. The summed E-state index contributed by atoms with van der Waals surface area (Å²) in [5.74, 6) is 0. The molecule has 0 fully saturated rings. The molecule has 2 aromatic carbocycles. The number of fused-ring (bicyclic) bond motifs is 3. The summed E-state index contributed by atoms with van der Waals surface area (Å²) in [6, 6.07) is 16.7. The topological polar surface area (TPSA) is 72.7 Å². The van der Waals surface area contributed by atoms with Crippen LogP contribution in [0.3, 0.4) is 0 Å². The molecule has 0 saturated carbocycles. The van der Waals surface area contributed by atoms with Gasteiger partial charge in [0.1, 0.15) is 0 Å². The van der Waals surface area contributed by atoms with Crippen LogP contribution in [0.15, 0.2) is 48.5 Å². The fourth-order valence-corrected chi connectivity index (χ4v) is 3.94. The van der Waals surface area contributed by atoms with Crippen molar-refractivity contribution in [2.45, 2.75) is 26.1 Å². The lowest BCUT2D eigenvalue weighted by Crippen LogP contribution is -2.27. The summed E-state index contributed by atoms with van der Waals surface area (Å²) in [7, 11) is -1.73. The lowest BCUT2D eigenvalue weighted by atomic mass is 10.2. The predicted octanol–water partition coefficient (Wildman–Crippen LogP) is 3.39. The van der Waals surface area contributed by atoms with Crippen molar-refractivity contribution in [3.05, 3.63) is 48.5 Å². The summed E-state index contributed by atoms with van der Waals surface area (Å²) in [6.07, 6.45) is 0.199. The molecule has 3 aromatic rings. The molecule has 0 bridgehead atoms. The lowest BCUT2D eigenvalue weighted by Gasteiger charge is -2.10. The van der Waals surface area contributed by atoms with Crippen molar-refractivity contribution < 1.29 is 18.8 Å². The first-order valence-electron chi connectivity index (χ1n) is 8.75. The van der Waals surface area contributed by atoms with E-state index in [-0.39, 0.29) is 6.73 Å². The summed E-state index contributed by atoms with van der Waals surface area (Å²) in [5.41, 5.74) is 2.07. The smallest absolute Gasteiger partial charge is 0.408 e. The second kappa shape index (κ2) is 8.84. The summed E-state index contributed by atoms with van der Waals surface area (Å²) in [6.45, 7) is 2.96. The Labute approximate surface area is 154 Å². The minimum Gasteiger partial charge on any atom is -0.428 e. The van der Waals surface area contributed by atoms with Crippen molar-refractivity contribution in [3.63, 3.8) is 0 Å². The zero-order valence-corrected chi connectivity index (χ0v) is 15.8. The van der Waals surface area contributed by atoms with Crippen LogP contribution in [0.1, 0.15) is 13.3 Å². The largest absolute Gasteiger partial charge is 0.428 e. The van der Waals surface area contributed by atoms with Crippen molar-refractivity contribution in [1.29, 1.82) is 0 Å². The van der Waals surface area contributed by atoms with E-state index < -0.39 is 15.4 Å². The quantitative estimate of drug-likeness (QED) is 0.470. The highest BCUT2D eigenvalue weighted by atomic mass is 28.3. The van der Waals surface area contributed by atoms with Gasteiger partial charge in [0.2, 0.25) is 0 Å². The van der Waals surface area contributed by atoms with Crippen molar-refractivity contribution >= 4 is 37.2 Å². The minimum atomic E-state index is -1.73. The molecule has 0 saturated heterocycles. The fourth-order valence-electron chi connectivity index (χ4n) is 2.99. The Hall–Kier alpha value is -2.35. The molecule has 137 valence electrons. The van der Waals surface area contributed by atoms with Crippen molar-refractivity contribution in [3.8, 4) is 0 Å². The molecule has 0 spiro atoms. The van der Waals surface area contributed by atoms with Gasteiger partial charge in [0.25, 0.3) is 0 Å². The first-order valence-corrected chi connectivity index (χ1v) is 10.3. The summed E-state index contributed by atoms with van der Waals surface area (Å²) >= 11 is 0. The number of carbonyl (C=O) groups excluding carboxylic acids is 1. The highest BCUT2D eigenvalue weighted by Crippen LogP contribution is 2.28. The molecule has 1 aromatic heterocycles. The monoisotopic (exact) mass is 371 g/mol. The van der Waals surface area contributed by atoms with Gasteiger partial charge >= 0.3 is 15.4 Å². The van der Waals surface area contributed by atoms with Crippen LogP contribution in [0, 0.1) is 0 Å². The number of alkyl carbamates (subject to hydrolysis) is 1. The van der Waals surface area contributed by atoms with Crippen molar-refractivity contribution in [1.82, 2.24) is 9.88 Å². The first kappa shape index (κ1) is 18.4. The third-order valence-corrected chi connectivity index (χ3v) is 5.56. The number of aromatic nitrogens is 1. The molecule has 6 nitrogen and oxygen atoms in total. The molecule has 26 heavy (non-hydrogen) atoms. The van der Waals surface area contributed by atoms with E-state index in [1.807, 2.05) is 47.9 Å². The van der Waals surface area contributed by atoms with E-state index in [1.54, 1.807) is 0 Å². The third kappa shape index (κ3) is 4.24. The maximum Gasteiger partial charge on any atom is 0.408 e. The van der Waals surface area contributed by atoms with Gasteiger partial charge in [0.15, 0.2) is 6.73 Å². The van der Waals surface area contributed by atoms with Gasteiger partial charge < -0.3 is 23.8 Å². The third-order valence-electron chi connectivity index (χ3n) is 4.15. The Morgan fingerprint density at radius 3 is 2.35 bits per heavy atom. The van der Waals surface area contributed by atoms with Gasteiger partial charge in [-0.15, -0.1) is 0 Å². The normalized spacial score (nSPS) is 11.3. The van der Waals surface area contributed by atoms with Crippen LogP contribution in [0.4, 0.5) is 4.79 Å². The Morgan fingerprint density at radius 1 is 1.12 bits per heavy atom. The van der Waals surface area contributed by atoms with Gasteiger partial charge in [0.05, 0.1) is 11.0 Å². The van der Waals surface area contributed by atoms with Gasteiger partial charge in [-0.2, -0.15) is 0 Å². The number of rotatable bonds is 8. The number of amides is 1. The maximum atomic E-state index is 11.9. The zero-order chi connectivity index (χ0) is 18.4. The lowest BCUT2D eigenvalue weighted by molar-refractivity contribution is 0.117. The highest BCUT2D eigenvalue weighted by Gasteiger charge is 2.12. The molecule has 0 unspecified atom stereocenters. The number of hydrogen-bond donors (Lipinski definition) is 2. The number of nitrogens with one attached hydrogen (secondary N) is 1. The van der Waals surface area contributed by atoms with Crippen LogP contribution in [0.25, 0.3) is 21.8 Å². The van der Waals surface area contributed by atoms with E-state index >= 15 is 0 Å². The minimum absolute atomic E-state index is 0.147. The van der Waals surface area contributed by atoms with Crippen molar-refractivity contribution in [2.75, 3.05) is 13.2 Å². The maximum absolute atomic E-state index is 11.9. The number of carbonyl (C=O) groups is 1. The van der Waals surface area contributed by atoms with E-state index in [0.29, 0.717) is 25.6 Å². The molecular formula is C19H23N2O4Si. The van der Waals surface area contributed by atoms with E-state index in [4.69, 9.17) is 9.16 Å². The van der Waals surface area contributed by atoms with Gasteiger partial charge in [-0.25, -0.2) is 4.79 Å². The van der Waals surface area contributed by atoms with Crippen LogP contribution >= 0.6 is 0 Å². The average molecular weight is 371 g/mol. The Kier molecular flexibility index (Phi) is 6.27. The molecule has 2 N–H and O–H groups in total. The Morgan fingerprint density at radius 2 is 1.73 bits per heavy atom. The van der Waals surface area contributed by atoms with Crippen LogP contribution in [0.2, 0.25) is 6.04 Å². The van der Waals surface area contributed by atoms with Gasteiger partial charge in [0, 0.05) is 23.9 Å². The standard InChI is InChI=1S/C19H23N2O4Si/c1-2-25-26(23)13-7-12-20-19(22)24-14-21-17-10-5-3-8-15(17)16-9-4-6-11-18(16)21/h3-6,8-11,23H,2,7,12-14H2,1H3,(H,20,22). The Bertz CT molecular complexity index is 827. The van der Waals surface area contributed by atoms with Gasteiger partial charge in [-0.3, -0.25) is 0 Å². The van der Waals surface area contributed by atoms with Gasteiger partial charge in [-0.1, -0.05) is 36.4 Å². The average Bonchev–Trinajstić information content (AvgIpc) is 2.98. The molecular weight excluding hydrogens is 348 g/mol.